The topological polar surface area (TPSA) is 49.4 Å². The molecule has 0 saturated carbocycles. The second-order valence-electron chi connectivity index (χ2n) is 5.26. The van der Waals surface area contributed by atoms with Crippen LogP contribution in [0.2, 0.25) is 0 Å². The smallest absolute Gasteiger partial charge is 0.317 e. The summed E-state index contributed by atoms with van der Waals surface area (Å²) in [7, 11) is -1.04. The van der Waals surface area contributed by atoms with Gasteiger partial charge in [0.05, 0.1) is 10.8 Å². The zero-order valence-corrected chi connectivity index (χ0v) is 12.7. The van der Waals surface area contributed by atoms with E-state index in [1.54, 1.807) is 0 Å². The molecule has 1 fully saturated rings. The summed E-state index contributed by atoms with van der Waals surface area (Å²) < 4.78 is 12.0. The Morgan fingerprint density at radius 2 is 1.95 bits per heavy atom. The molecule has 0 spiro atoms. The summed E-state index contributed by atoms with van der Waals surface area (Å²) in [4.78, 5) is 14.6. The molecule has 1 unspecified atom stereocenters. The summed E-state index contributed by atoms with van der Waals surface area (Å²) in [6, 6.07) is 9.33. The van der Waals surface area contributed by atoms with Crippen molar-refractivity contribution in [3.05, 3.63) is 30.3 Å². The van der Waals surface area contributed by atoms with Gasteiger partial charge in [0, 0.05) is 30.3 Å². The fourth-order valence-electron chi connectivity index (χ4n) is 2.26. The largest absolute Gasteiger partial charge is 0.337 e. The monoisotopic (exact) mass is 294 g/mol. The number of benzene rings is 1. The van der Waals surface area contributed by atoms with Crippen LogP contribution in [-0.4, -0.2) is 40.5 Å². The van der Waals surface area contributed by atoms with Crippen molar-refractivity contribution in [1.82, 2.24) is 10.2 Å². The van der Waals surface area contributed by atoms with E-state index in [-0.39, 0.29) is 6.03 Å². The van der Waals surface area contributed by atoms with Crippen LogP contribution in [0.5, 0.6) is 0 Å². The Bertz CT molecular complexity index is 456. The van der Waals surface area contributed by atoms with Gasteiger partial charge in [0.2, 0.25) is 0 Å². The average Bonchev–Trinajstić information content (AvgIpc) is 2.48. The maximum Gasteiger partial charge on any atom is 0.317 e. The summed E-state index contributed by atoms with van der Waals surface area (Å²) in [5, 5.41) is 2.86. The van der Waals surface area contributed by atoms with Crippen LogP contribution in [0.15, 0.2) is 35.2 Å². The molecule has 1 aromatic rings. The van der Waals surface area contributed by atoms with Crippen LogP contribution in [0.1, 0.15) is 19.8 Å². The number of hydrogen-bond donors (Lipinski definition) is 1. The van der Waals surface area contributed by atoms with Gasteiger partial charge in [-0.05, 0) is 30.9 Å². The highest BCUT2D eigenvalue weighted by atomic mass is 32.2. The minimum Gasteiger partial charge on any atom is -0.337 e. The lowest BCUT2D eigenvalue weighted by molar-refractivity contribution is 0.174. The van der Waals surface area contributed by atoms with E-state index in [9.17, 15) is 9.00 Å². The maximum absolute atomic E-state index is 12.0. The van der Waals surface area contributed by atoms with Crippen LogP contribution in [0.4, 0.5) is 4.79 Å². The molecule has 1 N–H and O–H groups in total. The molecule has 0 aromatic heterocycles. The van der Waals surface area contributed by atoms with Crippen molar-refractivity contribution in [2.45, 2.75) is 24.7 Å². The SMILES string of the molecule is CC1CCN(C(=O)NCCS(=O)c2ccccc2)CC1. The number of nitrogens with one attached hydrogen (secondary N) is 1. The van der Waals surface area contributed by atoms with E-state index in [0.29, 0.717) is 18.2 Å². The molecule has 1 saturated heterocycles. The number of likely N-dealkylation sites (tertiary alicyclic amines) is 1. The van der Waals surface area contributed by atoms with E-state index < -0.39 is 10.8 Å². The lowest BCUT2D eigenvalue weighted by Crippen LogP contribution is -2.45. The van der Waals surface area contributed by atoms with Gasteiger partial charge in [0.25, 0.3) is 0 Å². The first-order chi connectivity index (χ1) is 9.66. The van der Waals surface area contributed by atoms with Crippen LogP contribution in [0, 0.1) is 5.92 Å². The van der Waals surface area contributed by atoms with Crippen molar-refractivity contribution in [2.75, 3.05) is 25.4 Å². The Balaban J connectivity index is 1.70. The molecule has 1 aliphatic rings. The lowest BCUT2D eigenvalue weighted by atomic mass is 10.00. The first kappa shape index (κ1) is 15.0. The standard InChI is InChI=1S/C15H22N2O2S/c1-13-7-10-17(11-8-13)15(18)16-9-12-20(19)14-5-3-2-4-6-14/h2-6,13H,7-12H2,1H3,(H,16,18). The molecule has 1 aliphatic heterocycles. The van der Waals surface area contributed by atoms with Crippen molar-refractivity contribution >= 4 is 16.8 Å². The second kappa shape index (κ2) is 7.43. The fraction of sp³-hybridized carbons (Fsp3) is 0.533. The predicted molar refractivity (Wildman–Crippen MR) is 81.1 cm³/mol. The second-order valence-corrected chi connectivity index (χ2v) is 6.83. The van der Waals surface area contributed by atoms with Crippen LogP contribution >= 0.6 is 0 Å². The van der Waals surface area contributed by atoms with E-state index in [2.05, 4.69) is 12.2 Å². The van der Waals surface area contributed by atoms with Gasteiger partial charge in [-0.2, -0.15) is 0 Å². The Morgan fingerprint density at radius 1 is 1.30 bits per heavy atom. The number of piperidine rings is 1. The van der Waals surface area contributed by atoms with Crippen LogP contribution in [-0.2, 0) is 10.8 Å². The summed E-state index contributed by atoms with van der Waals surface area (Å²) in [5.41, 5.74) is 0. The number of rotatable bonds is 4. The quantitative estimate of drug-likeness (QED) is 0.926. The van der Waals surface area contributed by atoms with E-state index >= 15 is 0 Å². The number of carbonyl (C=O) groups is 1. The molecule has 5 heteroatoms. The van der Waals surface area contributed by atoms with Crippen molar-refractivity contribution < 1.29 is 9.00 Å². The number of amides is 2. The molecular weight excluding hydrogens is 272 g/mol. The number of hydrogen-bond acceptors (Lipinski definition) is 2. The van der Waals surface area contributed by atoms with Crippen molar-refractivity contribution in [3.63, 3.8) is 0 Å². The molecule has 110 valence electrons. The molecule has 1 heterocycles. The minimum atomic E-state index is -1.04. The van der Waals surface area contributed by atoms with Gasteiger partial charge >= 0.3 is 6.03 Å². The fourth-order valence-corrected chi connectivity index (χ4v) is 3.25. The Morgan fingerprint density at radius 3 is 2.60 bits per heavy atom. The van der Waals surface area contributed by atoms with Gasteiger partial charge < -0.3 is 10.2 Å². The van der Waals surface area contributed by atoms with E-state index in [4.69, 9.17) is 0 Å². The first-order valence-electron chi connectivity index (χ1n) is 7.13. The summed E-state index contributed by atoms with van der Waals surface area (Å²) in [6.45, 7) is 4.33. The van der Waals surface area contributed by atoms with Crippen LogP contribution in [0.3, 0.4) is 0 Å². The molecular formula is C15H22N2O2S. The van der Waals surface area contributed by atoms with Crippen molar-refractivity contribution in [3.8, 4) is 0 Å². The van der Waals surface area contributed by atoms with Crippen LogP contribution < -0.4 is 5.32 Å². The van der Waals surface area contributed by atoms with E-state index in [1.807, 2.05) is 35.2 Å². The third kappa shape index (κ3) is 4.34. The average molecular weight is 294 g/mol. The maximum atomic E-state index is 12.0. The Labute approximate surface area is 123 Å². The molecule has 2 amide bonds. The van der Waals surface area contributed by atoms with Gasteiger partial charge in [-0.3, -0.25) is 4.21 Å². The highest BCUT2D eigenvalue weighted by molar-refractivity contribution is 7.85. The van der Waals surface area contributed by atoms with Gasteiger partial charge in [-0.15, -0.1) is 0 Å². The number of nitrogens with zero attached hydrogens (tertiary/aromatic N) is 1. The zero-order valence-electron chi connectivity index (χ0n) is 11.9. The molecule has 1 aromatic carbocycles. The highest BCUT2D eigenvalue weighted by Crippen LogP contribution is 2.15. The molecule has 0 radical (unpaired) electrons. The van der Waals surface area contributed by atoms with Gasteiger partial charge in [0.1, 0.15) is 0 Å². The van der Waals surface area contributed by atoms with Gasteiger partial charge in [0.15, 0.2) is 0 Å². The lowest BCUT2D eigenvalue weighted by Gasteiger charge is -2.30. The Hall–Kier alpha value is -1.36. The molecule has 4 nitrogen and oxygen atoms in total. The first-order valence-corrected chi connectivity index (χ1v) is 8.45. The summed E-state index contributed by atoms with van der Waals surface area (Å²) in [6.07, 6.45) is 2.15. The van der Waals surface area contributed by atoms with Crippen molar-refractivity contribution in [1.29, 1.82) is 0 Å². The van der Waals surface area contributed by atoms with E-state index in [0.717, 1.165) is 30.8 Å². The minimum absolute atomic E-state index is 0.0260. The zero-order chi connectivity index (χ0) is 14.4. The summed E-state index contributed by atoms with van der Waals surface area (Å²) in [5.74, 6) is 1.17. The third-order valence-electron chi connectivity index (χ3n) is 3.64. The van der Waals surface area contributed by atoms with Gasteiger partial charge in [-0.25, -0.2) is 4.79 Å². The molecule has 20 heavy (non-hydrogen) atoms. The molecule has 1 atom stereocenters. The third-order valence-corrected chi connectivity index (χ3v) is 5.01. The van der Waals surface area contributed by atoms with Gasteiger partial charge in [-0.1, -0.05) is 25.1 Å². The van der Waals surface area contributed by atoms with E-state index in [1.165, 1.54) is 0 Å². The molecule has 0 aliphatic carbocycles. The van der Waals surface area contributed by atoms with Crippen LogP contribution in [0.25, 0.3) is 0 Å². The normalized spacial score (nSPS) is 17.8. The molecule has 2 rings (SSSR count). The highest BCUT2D eigenvalue weighted by Gasteiger charge is 2.19. The Kier molecular flexibility index (Phi) is 5.59. The predicted octanol–water partition coefficient (Wildman–Crippen LogP) is 2.24. The number of carbonyl (C=O) groups excluding carboxylic acids is 1. The number of urea groups is 1. The van der Waals surface area contributed by atoms with Crippen molar-refractivity contribution in [2.24, 2.45) is 5.92 Å². The molecule has 0 bridgehead atoms. The summed E-state index contributed by atoms with van der Waals surface area (Å²) >= 11 is 0.